The number of anilines is 1. The first-order valence-electron chi connectivity index (χ1n) is 24.1. The lowest BCUT2D eigenvalue weighted by Gasteiger charge is -2.53. The number of allylic oxidation sites excluding steroid dienone is 1. The van der Waals surface area contributed by atoms with E-state index in [1.54, 1.807) is 44.9 Å². The fraction of sp³-hybridized carbons (Fsp3) is 0.509. The second-order valence-electron chi connectivity index (χ2n) is 20.5. The summed E-state index contributed by atoms with van der Waals surface area (Å²) in [5.41, 5.74) is 4.25. The summed E-state index contributed by atoms with van der Waals surface area (Å²) in [6.45, 7) is 11.3. The molecule has 0 N–H and O–H groups in total. The van der Waals surface area contributed by atoms with E-state index in [9.17, 15) is 13.2 Å². The molecule has 11 nitrogen and oxygen atoms in total. The Labute approximate surface area is 413 Å². The van der Waals surface area contributed by atoms with Gasteiger partial charge in [0.1, 0.15) is 28.7 Å². The topological polar surface area (TPSA) is 113 Å². The Morgan fingerprint density at radius 1 is 0.913 bits per heavy atom. The van der Waals surface area contributed by atoms with Gasteiger partial charge in [0.2, 0.25) is 10.0 Å². The Balaban J connectivity index is 1.05. The van der Waals surface area contributed by atoms with Crippen molar-refractivity contribution in [1.29, 1.82) is 0 Å². The first-order chi connectivity index (χ1) is 32.8. The van der Waals surface area contributed by atoms with Crippen LogP contribution in [0.3, 0.4) is 0 Å². The maximum Gasteiger partial charge on any atom is 0.338 e. The highest BCUT2D eigenvalue weighted by molar-refractivity contribution is 7.89. The lowest BCUT2D eigenvalue weighted by Crippen LogP contribution is -2.56. The Kier molecular flexibility index (Phi) is 14.9. The molecular weight excluding hydrogens is 919 g/mol. The van der Waals surface area contributed by atoms with Gasteiger partial charge in [-0.3, -0.25) is 0 Å². The highest BCUT2D eigenvalue weighted by Crippen LogP contribution is 2.54. The number of sulfonamides is 1. The van der Waals surface area contributed by atoms with Crippen LogP contribution in [-0.2, 0) is 49.2 Å². The van der Waals surface area contributed by atoms with Gasteiger partial charge in [0, 0.05) is 51.7 Å². The molecule has 1 aliphatic heterocycles. The Morgan fingerprint density at radius 2 is 1.54 bits per heavy atom. The predicted molar refractivity (Wildman–Crippen MR) is 267 cm³/mol. The highest BCUT2D eigenvalue weighted by Gasteiger charge is 2.55. The zero-order chi connectivity index (χ0) is 49.5. The van der Waals surface area contributed by atoms with E-state index in [1.807, 2.05) is 101 Å². The lowest BCUT2D eigenvalue weighted by atomic mass is 9.62. The first-order valence-corrected chi connectivity index (χ1v) is 26.0. The molecule has 1 heterocycles. The van der Waals surface area contributed by atoms with Crippen LogP contribution in [0, 0.1) is 29.5 Å². The van der Waals surface area contributed by atoms with Crippen molar-refractivity contribution >= 4 is 33.3 Å². The molecule has 4 aromatic rings. The van der Waals surface area contributed by atoms with Crippen LogP contribution in [0.25, 0.3) is 0 Å². The molecule has 0 saturated heterocycles. The summed E-state index contributed by atoms with van der Waals surface area (Å²) in [6, 6.07) is 24.1. The third-order valence-corrected chi connectivity index (χ3v) is 18.0. The number of methoxy groups -OCH3 is 4. The van der Waals surface area contributed by atoms with Crippen LogP contribution in [-0.4, -0.2) is 83.5 Å². The van der Waals surface area contributed by atoms with Crippen molar-refractivity contribution in [3.63, 3.8) is 0 Å². The summed E-state index contributed by atoms with van der Waals surface area (Å²) in [4.78, 5) is 15.8. The van der Waals surface area contributed by atoms with Crippen LogP contribution in [0.2, 0.25) is 5.02 Å². The number of halogens is 2. The van der Waals surface area contributed by atoms with Crippen molar-refractivity contribution in [1.82, 2.24) is 4.31 Å². The maximum atomic E-state index is 15.7. The standard InChI is InChI=1S/C55H68ClFN2O9S/c1-35(36(2)69(61,62)59(30-37-12-18-43(63-6)19-13-37)31-38-14-20-44(64-7)21-15-38)41-27-42(28-41)55(65-8,66-9)46-22-16-40(46)32-58-33-54(26-10-11-45-47(54)23-24-48(56)51(45)57)34-67-50-25-17-39(29-49(50)58)52(60)68-53(3,4)5/h12-15,17-21,23-25,27,29,35-36,40-41,46H,10-11,16,22,26,28,30-34H2,1-9H3/t35-,36-,40+,41+,46-,54+/m1/s1. The molecule has 4 aliphatic rings. The van der Waals surface area contributed by atoms with Crippen LogP contribution in [0.4, 0.5) is 10.1 Å². The normalized spacial score (nSPS) is 22.2. The fourth-order valence-corrected chi connectivity index (χ4v) is 13.2. The number of ether oxygens (including phenoxy) is 6. The molecule has 1 spiro atoms. The first kappa shape index (κ1) is 50.7. The van der Waals surface area contributed by atoms with Crippen LogP contribution in [0.15, 0.2) is 90.5 Å². The molecule has 1 fully saturated rings. The largest absolute Gasteiger partial charge is 0.497 e. The average Bonchev–Trinajstić information content (AvgIpc) is 3.46. The number of nitrogens with zero attached hydrogens (tertiary/aromatic N) is 2. The predicted octanol–water partition coefficient (Wildman–Crippen LogP) is 10.9. The van der Waals surface area contributed by atoms with Crippen LogP contribution in [0.1, 0.15) is 99.3 Å². The smallest absolute Gasteiger partial charge is 0.338 e. The second-order valence-corrected chi connectivity index (χ2v) is 23.2. The number of hydrogen-bond acceptors (Lipinski definition) is 10. The van der Waals surface area contributed by atoms with Gasteiger partial charge in [-0.2, -0.15) is 4.31 Å². The van der Waals surface area contributed by atoms with Crippen molar-refractivity contribution in [2.45, 2.75) is 108 Å². The highest BCUT2D eigenvalue weighted by atomic mass is 35.5. The van der Waals surface area contributed by atoms with Gasteiger partial charge in [-0.25, -0.2) is 17.6 Å². The summed E-state index contributed by atoms with van der Waals surface area (Å²) >= 11 is 6.34. The minimum absolute atomic E-state index is 0.0298. The molecule has 6 atom stereocenters. The molecule has 69 heavy (non-hydrogen) atoms. The van der Waals surface area contributed by atoms with Gasteiger partial charge in [-0.15, -0.1) is 0 Å². The van der Waals surface area contributed by atoms with Gasteiger partial charge >= 0.3 is 5.97 Å². The third-order valence-electron chi connectivity index (χ3n) is 15.3. The number of esters is 1. The minimum atomic E-state index is -3.82. The molecule has 3 aliphatic carbocycles. The van der Waals surface area contributed by atoms with E-state index >= 15 is 4.39 Å². The van der Waals surface area contributed by atoms with Gasteiger partial charge in [-0.05, 0) is 160 Å². The summed E-state index contributed by atoms with van der Waals surface area (Å²) in [5.74, 6) is 0.0401. The van der Waals surface area contributed by atoms with Gasteiger partial charge < -0.3 is 33.3 Å². The van der Waals surface area contributed by atoms with Crippen molar-refractivity contribution < 1.29 is 46.0 Å². The Morgan fingerprint density at radius 3 is 2.09 bits per heavy atom. The minimum Gasteiger partial charge on any atom is -0.497 e. The van der Waals surface area contributed by atoms with Gasteiger partial charge in [0.25, 0.3) is 0 Å². The van der Waals surface area contributed by atoms with Crippen molar-refractivity contribution in [3.8, 4) is 17.2 Å². The summed E-state index contributed by atoms with van der Waals surface area (Å²) in [7, 11) is 2.77. The quantitative estimate of drug-likeness (QED) is 0.0576. The molecular formula is C55H68ClFN2O9S. The monoisotopic (exact) mass is 986 g/mol. The number of carbonyl (C=O) groups is 1. The second kappa shape index (κ2) is 20.2. The van der Waals surface area contributed by atoms with E-state index in [4.69, 9.17) is 40.0 Å². The van der Waals surface area contributed by atoms with Crippen LogP contribution < -0.4 is 19.1 Å². The van der Waals surface area contributed by atoms with E-state index in [-0.39, 0.29) is 47.6 Å². The molecule has 1 saturated carbocycles. The molecule has 372 valence electrons. The molecule has 4 aromatic carbocycles. The van der Waals surface area contributed by atoms with E-state index in [0.717, 1.165) is 53.6 Å². The number of hydrogen-bond donors (Lipinski definition) is 0. The van der Waals surface area contributed by atoms with Crippen molar-refractivity contribution in [2.75, 3.05) is 53.0 Å². The molecule has 8 rings (SSSR count). The van der Waals surface area contributed by atoms with Crippen molar-refractivity contribution in [3.05, 3.63) is 129 Å². The number of carbonyl (C=O) groups excluding carboxylic acids is 1. The fourth-order valence-electron chi connectivity index (χ4n) is 11.1. The van der Waals surface area contributed by atoms with E-state index in [1.165, 1.54) is 0 Å². The number of benzene rings is 4. The number of fused-ring (bicyclic) bond motifs is 3. The molecule has 0 bridgehead atoms. The Hall–Kier alpha value is -4.66. The SMILES string of the molecule is COc1ccc(CN(Cc2ccc(OC)cc2)S(=O)(=O)[C@H](C)[C@@H](C)[C@H]2C=C(C(OC)(OC)[C@@H]3CC[C@H]3CN3C[C@@]4(CCCc5c4ccc(Cl)c5F)COc4ccc(C(=O)OC(C)(C)C)cc43)C2)cc1. The maximum absolute atomic E-state index is 15.7. The molecule has 0 amide bonds. The third kappa shape index (κ3) is 10.1. The molecule has 0 unspecified atom stereocenters. The number of rotatable bonds is 17. The summed E-state index contributed by atoms with van der Waals surface area (Å²) < 4.78 is 82.9. The molecule has 0 radical (unpaired) electrons. The average molecular weight is 988 g/mol. The lowest BCUT2D eigenvalue weighted by molar-refractivity contribution is -0.245. The summed E-state index contributed by atoms with van der Waals surface area (Å²) in [5, 5.41) is -0.588. The van der Waals surface area contributed by atoms with Crippen LogP contribution >= 0.6 is 11.6 Å². The van der Waals surface area contributed by atoms with Gasteiger partial charge in [0.15, 0.2) is 5.79 Å². The zero-order valence-electron chi connectivity index (χ0n) is 41.5. The van der Waals surface area contributed by atoms with E-state index < -0.39 is 38.0 Å². The molecule has 14 heteroatoms. The Bertz CT molecular complexity index is 2580. The molecule has 0 aromatic heterocycles. The van der Waals surface area contributed by atoms with E-state index in [0.29, 0.717) is 60.9 Å². The summed E-state index contributed by atoms with van der Waals surface area (Å²) in [6.07, 6.45) is 6.72. The van der Waals surface area contributed by atoms with Crippen molar-refractivity contribution in [2.24, 2.45) is 23.7 Å². The van der Waals surface area contributed by atoms with Crippen LogP contribution in [0.5, 0.6) is 17.2 Å². The van der Waals surface area contributed by atoms with E-state index in [2.05, 4.69) is 11.0 Å². The van der Waals surface area contributed by atoms with Gasteiger partial charge in [-0.1, -0.05) is 54.9 Å². The van der Waals surface area contributed by atoms with Gasteiger partial charge in [0.05, 0.1) is 42.3 Å². The zero-order valence-corrected chi connectivity index (χ0v) is 43.1.